The zero-order valence-electron chi connectivity index (χ0n) is 12.2. The summed E-state index contributed by atoms with van der Waals surface area (Å²) < 4.78 is 13.6. The van der Waals surface area contributed by atoms with Gasteiger partial charge in [-0.2, -0.15) is 0 Å². The molecule has 0 unspecified atom stereocenters. The number of carbonyl (C=O) groups excluding carboxylic acids is 2. The van der Waals surface area contributed by atoms with Crippen molar-refractivity contribution < 1.29 is 14.0 Å². The van der Waals surface area contributed by atoms with Crippen LogP contribution < -0.4 is 10.6 Å². The van der Waals surface area contributed by atoms with Crippen molar-refractivity contribution in [3.05, 3.63) is 40.7 Å². The average molecular weight is 325 g/mol. The first-order chi connectivity index (χ1) is 10.5. The van der Waals surface area contributed by atoms with Crippen molar-refractivity contribution >= 4 is 29.5 Å². The quantitative estimate of drug-likeness (QED) is 0.790. The highest BCUT2D eigenvalue weighted by atomic mass is 35.5. The van der Waals surface area contributed by atoms with E-state index in [1.54, 1.807) is 6.07 Å². The van der Waals surface area contributed by atoms with Crippen LogP contribution in [0, 0.1) is 11.7 Å². The summed E-state index contributed by atoms with van der Waals surface area (Å²) >= 11 is 5.67. The molecule has 6 heteroatoms. The van der Waals surface area contributed by atoms with Gasteiger partial charge in [-0.1, -0.05) is 30.5 Å². The molecule has 2 rings (SSSR count). The van der Waals surface area contributed by atoms with Gasteiger partial charge in [-0.15, -0.1) is 0 Å². The van der Waals surface area contributed by atoms with Crippen LogP contribution in [0.1, 0.15) is 24.8 Å². The van der Waals surface area contributed by atoms with E-state index in [0.717, 1.165) is 12.8 Å². The topological polar surface area (TPSA) is 58.2 Å². The SMILES string of the molecule is CNC(=O)[C@H](CC1CC1)NC(=O)/C=C/c1ccc(Cl)cc1F. The van der Waals surface area contributed by atoms with Crippen molar-refractivity contribution in [2.45, 2.75) is 25.3 Å². The predicted octanol–water partition coefficient (Wildman–Crippen LogP) is 2.52. The number of hydrogen-bond acceptors (Lipinski definition) is 2. The highest BCUT2D eigenvalue weighted by Gasteiger charge is 2.29. The third kappa shape index (κ3) is 4.84. The van der Waals surface area contributed by atoms with Crippen LogP contribution in [0.4, 0.5) is 4.39 Å². The summed E-state index contributed by atoms with van der Waals surface area (Å²) in [4.78, 5) is 23.7. The van der Waals surface area contributed by atoms with E-state index in [1.807, 2.05) is 0 Å². The fourth-order valence-electron chi connectivity index (χ4n) is 2.11. The Morgan fingerprint density at radius 1 is 1.45 bits per heavy atom. The molecule has 1 atom stereocenters. The van der Waals surface area contributed by atoms with Crippen LogP contribution in [0.25, 0.3) is 6.08 Å². The van der Waals surface area contributed by atoms with E-state index >= 15 is 0 Å². The third-order valence-electron chi connectivity index (χ3n) is 3.52. The molecule has 4 nitrogen and oxygen atoms in total. The van der Waals surface area contributed by atoms with Crippen molar-refractivity contribution in [2.75, 3.05) is 7.05 Å². The molecule has 0 aliphatic heterocycles. The van der Waals surface area contributed by atoms with Crippen molar-refractivity contribution in [1.29, 1.82) is 0 Å². The van der Waals surface area contributed by atoms with Gasteiger partial charge in [0.15, 0.2) is 0 Å². The second-order valence-corrected chi connectivity index (χ2v) is 5.79. The van der Waals surface area contributed by atoms with Gasteiger partial charge in [0.2, 0.25) is 11.8 Å². The highest BCUT2D eigenvalue weighted by Crippen LogP contribution is 2.33. The molecule has 0 bridgehead atoms. The molecule has 1 aromatic carbocycles. The average Bonchev–Trinajstić information content (AvgIpc) is 3.29. The first-order valence-electron chi connectivity index (χ1n) is 7.15. The number of halogens is 2. The Balaban J connectivity index is 1.97. The van der Waals surface area contributed by atoms with Gasteiger partial charge in [0.25, 0.3) is 0 Å². The lowest BCUT2D eigenvalue weighted by Gasteiger charge is -2.15. The normalized spacial score (nSPS) is 15.6. The minimum atomic E-state index is -0.551. The minimum Gasteiger partial charge on any atom is -0.357 e. The molecule has 118 valence electrons. The molecule has 0 radical (unpaired) electrons. The molecular formula is C16H18ClFN2O2. The van der Waals surface area contributed by atoms with Crippen molar-refractivity contribution in [2.24, 2.45) is 5.92 Å². The summed E-state index contributed by atoms with van der Waals surface area (Å²) in [7, 11) is 1.54. The first-order valence-corrected chi connectivity index (χ1v) is 7.52. The molecule has 22 heavy (non-hydrogen) atoms. The molecule has 2 amide bonds. The molecule has 1 aliphatic rings. The van der Waals surface area contributed by atoms with E-state index < -0.39 is 17.8 Å². The fourth-order valence-corrected chi connectivity index (χ4v) is 2.27. The lowest BCUT2D eigenvalue weighted by Crippen LogP contribution is -2.45. The fraction of sp³-hybridized carbons (Fsp3) is 0.375. The van der Waals surface area contributed by atoms with E-state index in [0.29, 0.717) is 17.4 Å². The van der Waals surface area contributed by atoms with Gasteiger partial charge in [0.05, 0.1) is 0 Å². The highest BCUT2D eigenvalue weighted by molar-refractivity contribution is 6.30. The van der Waals surface area contributed by atoms with Crippen LogP contribution in [0.3, 0.4) is 0 Å². The van der Waals surface area contributed by atoms with Gasteiger partial charge in [-0.05, 0) is 30.5 Å². The molecule has 1 aromatic rings. The van der Waals surface area contributed by atoms with Crippen LogP contribution >= 0.6 is 11.6 Å². The summed E-state index contributed by atoms with van der Waals surface area (Å²) in [5.41, 5.74) is 0.262. The maximum atomic E-state index is 13.6. The first kappa shape index (κ1) is 16.5. The van der Waals surface area contributed by atoms with Crippen LogP contribution in [0.5, 0.6) is 0 Å². The smallest absolute Gasteiger partial charge is 0.244 e. The Morgan fingerprint density at radius 2 is 2.18 bits per heavy atom. The number of carbonyl (C=O) groups is 2. The summed E-state index contributed by atoms with van der Waals surface area (Å²) in [6, 6.07) is 3.66. The maximum absolute atomic E-state index is 13.6. The van der Waals surface area contributed by atoms with E-state index in [2.05, 4.69) is 10.6 Å². The number of nitrogens with one attached hydrogen (secondary N) is 2. The van der Waals surface area contributed by atoms with Gasteiger partial charge in [0, 0.05) is 23.7 Å². The Labute approximate surface area is 133 Å². The summed E-state index contributed by atoms with van der Waals surface area (Å²) in [6.07, 6.45) is 5.40. The van der Waals surface area contributed by atoms with E-state index in [9.17, 15) is 14.0 Å². The Bertz CT molecular complexity index is 600. The van der Waals surface area contributed by atoms with Crippen molar-refractivity contribution in [1.82, 2.24) is 10.6 Å². The maximum Gasteiger partial charge on any atom is 0.244 e. The number of amides is 2. The van der Waals surface area contributed by atoms with Gasteiger partial charge < -0.3 is 10.6 Å². The van der Waals surface area contributed by atoms with Gasteiger partial charge >= 0.3 is 0 Å². The van der Waals surface area contributed by atoms with Crippen LogP contribution in [-0.2, 0) is 9.59 Å². The predicted molar refractivity (Wildman–Crippen MR) is 83.8 cm³/mol. The molecule has 2 N–H and O–H groups in total. The Hall–Kier alpha value is -1.88. The summed E-state index contributed by atoms with van der Waals surface area (Å²) in [5, 5.41) is 5.49. The lowest BCUT2D eigenvalue weighted by molar-refractivity contribution is -0.127. The Morgan fingerprint density at radius 3 is 2.77 bits per heavy atom. The van der Waals surface area contributed by atoms with Crippen molar-refractivity contribution in [3.8, 4) is 0 Å². The molecular weight excluding hydrogens is 307 g/mol. The number of likely N-dealkylation sites (N-methyl/N-ethyl adjacent to an activating group) is 1. The molecule has 0 saturated heterocycles. The molecule has 0 spiro atoms. The summed E-state index contributed by atoms with van der Waals surface area (Å²) in [5.74, 6) is -0.646. The number of hydrogen-bond donors (Lipinski definition) is 2. The van der Waals surface area contributed by atoms with Gasteiger partial charge in [-0.25, -0.2) is 4.39 Å². The van der Waals surface area contributed by atoms with E-state index in [1.165, 1.54) is 31.3 Å². The van der Waals surface area contributed by atoms with Crippen LogP contribution in [-0.4, -0.2) is 24.9 Å². The molecule has 0 heterocycles. The third-order valence-corrected chi connectivity index (χ3v) is 3.76. The molecule has 1 saturated carbocycles. The molecule has 1 fully saturated rings. The molecule has 1 aliphatic carbocycles. The molecule has 0 aromatic heterocycles. The van der Waals surface area contributed by atoms with E-state index in [-0.39, 0.29) is 11.5 Å². The Kier molecular flexibility index (Phi) is 5.55. The number of benzene rings is 1. The van der Waals surface area contributed by atoms with Crippen LogP contribution in [0.15, 0.2) is 24.3 Å². The second kappa shape index (κ2) is 7.40. The standard InChI is InChI=1S/C16H18ClFN2O2/c1-19-16(22)14(8-10-2-3-10)20-15(21)7-5-11-4-6-12(17)9-13(11)18/h4-7,9-10,14H,2-3,8H2,1H3,(H,19,22)(H,20,21)/b7-5+/t14-/m0/s1. The number of rotatable bonds is 6. The van der Waals surface area contributed by atoms with Gasteiger partial charge in [0.1, 0.15) is 11.9 Å². The zero-order chi connectivity index (χ0) is 16.1. The van der Waals surface area contributed by atoms with Crippen molar-refractivity contribution in [3.63, 3.8) is 0 Å². The largest absolute Gasteiger partial charge is 0.357 e. The van der Waals surface area contributed by atoms with Gasteiger partial charge in [-0.3, -0.25) is 9.59 Å². The second-order valence-electron chi connectivity index (χ2n) is 5.35. The summed E-state index contributed by atoms with van der Waals surface area (Å²) in [6.45, 7) is 0. The zero-order valence-corrected chi connectivity index (χ0v) is 13.0. The lowest BCUT2D eigenvalue weighted by atomic mass is 10.1. The minimum absolute atomic E-state index is 0.216. The monoisotopic (exact) mass is 324 g/mol. The van der Waals surface area contributed by atoms with E-state index in [4.69, 9.17) is 11.6 Å². The van der Waals surface area contributed by atoms with Crippen LogP contribution in [0.2, 0.25) is 5.02 Å².